The first kappa shape index (κ1) is 16.4. The van der Waals surface area contributed by atoms with E-state index in [0.29, 0.717) is 13.1 Å². The highest BCUT2D eigenvalue weighted by atomic mass is 16.2. The Kier molecular flexibility index (Phi) is 8.17. The fraction of sp³-hybridized carbons (Fsp3) is 0.923. The largest absolute Gasteiger partial charge is 0.350 e. The summed E-state index contributed by atoms with van der Waals surface area (Å²) in [6.07, 6.45) is 3.19. The first-order valence-electron chi connectivity index (χ1n) is 6.68. The molecule has 0 saturated heterocycles. The van der Waals surface area contributed by atoms with Gasteiger partial charge >= 0.3 is 0 Å². The number of rotatable bonds is 9. The maximum Gasteiger partial charge on any atom is 0.234 e. The van der Waals surface area contributed by atoms with Gasteiger partial charge in [-0.3, -0.25) is 9.69 Å². The SMILES string of the molecule is CCCCN(CCN)CC(=O)NC(C)(C)CC. The Hall–Kier alpha value is -0.610. The van der Waals surface area contributed by atoms with Crippen molar-refractivity contribution >= 4 is 5.91 Å². The predicted octanol–water partition coefficient (Wildman–Crippen LogP) is 1.35. The summed E-state index contributed by atoms with van der Waals surface area (Å²) < 4.78 is 0. The number of hydrogen-bond donors (Lipinski definition) is 2. The van der Waals surface area contributed by atoms with Gasteiger partial charge in [0.1, 0.15) is 0 Å². The Labute approximate surface area is 106 Å². The summed E-state index contributed by atoms with van der Waals surface area (Å²) in [5.74, 6) is 0.0985. The van der Waals surface area contributed by atoms with Gasteiger partial charge in [0.05, 0.1) is 6.54 Å². The number of nitrogens with one attached hydrogen (secondary N) is 1. The Bertz CT molecular complexity index is 217. The highest BCUT2D eigenvalue weighted by Crippen LogP contribution is 2.06. The van der Waals surface area contributed by atoms with E-state index in [1.54, 1.807) is 0 Å². The zero-order valence-electron chi connectivity index (χ0n) is 11.9. The molecule has 17 heavy (non-hydrogen) atoms. The molecular weight excluding hydrogens is 214 g/mol. The van der Waals surface area contributed by atoms with Crippen molar-refractivity contribution < 1.29 is 4.79 Å². The maximum absolute atomic E-state index is 11.9. The van der Waals surface area contributed by atoms with Crippen molar-refractivity contribution in [3.05, 3.63) is 0 Å². The average Bonchev–Trinajstić information content (AvgIpc) is 2.25. The van der Waals surface area contributed by atoms with Gasteiger partial charge in [0, 0.05) is 18.6 Å². The van der Waals surface area contributed by atoms with Crippen molar-refractivity contribution in [1.82, 2.24) is 10.2 Å². The molecular formula is C13H29N3O. The third-order valence-corrected chi connectivity index (χ3v) is 3.00. The molecule has 0 aliphatic heterocycles. The molecule has 4 nitrogen and oxygen atoms in total. The molecule has 3 N–H and O–H groups in total. The Morgan fingerprint density at radius 1 is 1.29 bits per heavy atom. The van der Waals surface area contributed by atoms with Gasteiger partial charge in [-0.1, -0.05) is 20.3 Å². The van der Waals surface area contributed by atoms with E-state index in [4.69, 9.17) is 5.73 Å². The zero-order chi connectivity index (χ0) is 13.3. The Morgan fingerprint density at radius 2 is 1.94 bits per heavy atom. The third kappa shape index (κ3) is 8.16. The van der Waals surface area contributed by atoms with Gasteiger partial charge in [0.15, 0.2) is 0 Å². The molecule has 0 aromatic carbocycles. The molecule has 0 unspecified atom stereocenters. The van der Waals surface area contributed by atoms with E-state index in [1.807, 2.05) is 13.8 Å². The molecule has 0 saturated carbocycles. The van der Waals surface area contributed by atoms with E-state index in [-0.39, 0.29) is 11.4 Å². The smallest absolute Gasteiger partial charge is 0.234 e. The Balaban J connectivity index is 4.11. The lowest BCUT2D eigenvalue weighted by Crippen LogP contribution is -2.48. The lowest BCUT2D eigenvalue weighted by Gasteiger charge is -2.27. The fourth-order valence-electron chi connectivity index (χ4n) is 1.54. The monoisotopic (exact) mass is 243 g/mol. The highest BCUT2D eigenvalue weighted by molar-refractivity contribution is 5.78. The van der Waals surface area contributed by atoms with Gasteiger partial charge in [0.2, 0.25) is 5.91 Å². The first-order valence-corrected chi connectivity index (χ1v) is 6.68. The summed E-state index contributed by atoms with van der Waals surface area (Å²) in [6.45, 7) is 11.1. The summed E-state index contributed by atoms with van der Waals surface area (Å²) in [7, 11) is 0. The lowest BCUT2D eigenvalue weighted by molar-refractivity contribution is -0.123. The van der Waals surface area contributed by atoms with Gasteiger partial charge in [-0.2, -0.15) is 0 Å². The van der Waals surface area contributed by atoms with Crippen LogP contribution in [0.25, 0.3) is 0 Å². The van der Waals surface area contributed by atoms with E-state index in [9.17, 15) is 4.79 Å². The highest BCUT2D eigenvalue weighted by Gasteiger charge is 2.19. The molecule has 0 aromatic heterocycles. The second-order valence-corrected chi connectivity index (χ2v) is 5.20. The number of unbranched alkanes of at least 4 members (excludes halogenated alkanes) is 1. The molecule has 0 atom stereocenters. The summed E-state index contributed by atoms with van der Waals surface area (Å²) >= 11 is 0. The summed E-state index contributed by atoms with van der Waals surface area (Å²) in [5, 5.41) is 3.05. The second-order valence-electron chi connectivity index (χ2n) is 5.20. The normalized spacial score (nSPS) is 11.9. The molecule has 0 aliphatic carbocycles. The minimum atomic E-state index is -0.115. The summed E-state index contributed by atoms with van der Waals surface area (Å²) in [4.78, 5) is 14.0. The topological polar surface area (TPSA) is 58.4 Å². The van der Waals surface area contributed by atoms with Crippen LogP contribution in [-0.4, -0.2) is 42.5 Å². The van der Waals surface area contributed by atoms with Gasteiger partial charge in [-0.05, 0) is 33.2 Å². The van der Waals surface area contributed by atoms with Crippen LogP contribution in [0.5, 0.6) is 0 Å². The molecule has 0 fully saturated rings. The third-order valence-electron chi connectivity index (χ3n) is 3.00. The molecule has 0 rings (SSSR count). The van der Waals surface area contributed by atoms with Crippen molar-refractivity contribution in [2.24, 2.45) is 5.73 Å². The van der Waals surface area contributed by atoms with Gasteiger partial charge in [0.25, 0.3) is 0 Å². The molecule has 0 aliphatic rings. The molecule has 102 valence electrons. The minimum Gasteiger partial charge on any atom is -0.350 e. The van der Waals surface area contributed by atoms with Crippen LogP contribution < -0.4 is 11.1 Å². The fourth-order valence-corrected chi connectivity index (χ4v) is 1.54. The first-order chi connectivity index (χ1) is 7.95. The van der Waals surface area contributed by atoms with Crippen LogP contribution >= 0.6 is 0 Å². The molecule has 0 aromatic rings. The van der Waals surface area contributed by atoms with E-state index < -0.39 is 0 Å². The molecule has 0 heterocycles. The van der Waals surface area contributed by atoms with Crippen LogP contribution in [0.15, 0.2) is 0 Å². The maximum atomic E-state index is 11.9. The predicted molar refractivity (Wildman–Crippen MR) is 72.9 cm³/mol. The van der Waals surface area contributed by atoms with Crippen LogP contribution in [0, 0.1) is 0 Å². The number of hydrogen-bond acceptors (Lipinski definition) is 3. The van der Waals surface area contributed by atoms with Gasteiger partial charge < -0.3 is 11.1 Å². The molecule has 0 radical (unpaired) electrons. The van der Waals surface area contributed by atoms with Crippen molar-refractivity contribution in [3.8, 4) is 0 Å². The summed E-state index contributed by atoms with van der Waals surface area (Å²) in [6, 6.07) is 0. The number of carbonyl (C=O) groups excluding carboxylic acids is 1. The van der Waals surface area contributed by atoms with Crippen LogP contribution in [0.2, 0.25) is 0 Å². The second kappa shape index (κ2) is 8.48. The number of nitrogens with zero attached hydrogens (tertiary/aromatic N) is 1. The standard InChI is InChI=1S/C13H29N3O/c1-5-7-9-16(10-8-14)11-12(17)15-13(3,4)6-2/h5-11,14H2,1-4H3,(H,15,17). The van der Waals surface area contributed by atoms with Crippen LogP contribution in [0.3, 0.4) is 0 Å². The quantitative estimate of drug-likeness (QED) is 0.643. The Morgan fingerprint density at radius 3 is 2.41 bits per heavy atom. The molecule has 1 amide bonds. The zero-order valence-corrected chi connectivity index (χ0v) is 11.9. The van der Waals surface area contributed by atoms with Gasteiger partial charge in [-0.25, -0.2) is 0 Å². The van der Waals surface area contributed by atoms with Crippen LogP contribution in [-0.2, 0) is 4.79 Å². The lowest BCUT2D eigenvalue weighted by atomic mass is 10.0. The van der Waals surface area contributed by atoms with E-state index in [0.717, 1.165) is 32.4 Å². The number of carbonyl (C=O) groups is 1. The van der Waals surface area contributed by atoms with E-state index in [1.165, 1.54) is 0 Å². The summed E-state index contributed by atoms with van der Waals surface area (Å²) in [5.41, 5.74) is 5.44. The van der Waals surface area contributed by atoms with Gasteiger partial charge in [-0.15, -0.1) is 0 Å². The minimum absolute atomic E-state index is 0.0985. The van der Waals surface area contributed by atoms with E-state index in [2.05, 4.69) is 24.1 Å². The number of amides is 1. The van der Waals surface area contributed by atoms with Crippen molar-refractivity contribution in [1.29, 1.82) is 0 Å². The average molecular weight is 243 g/mol. The van der Waals surface area contributed by atoms with Crippen LogP contribution in [0.1, 0.15) is 47.0 Å². The van der Waals surface area contributed by atoms with Crippen molar-refractivity contribution in [3.63, 3.8) is 0 Å². The van der Waals surface area contributed by atoms with Crippen LogP contribution in [0.4, 0.5) is 0 Å². The molecule has 4 heteroatoms. The van der Waals surface area contributed by atoms with E-state index >= 15 is 0 Å². The van der Waals surface area contributed by atoms with Crippen molar-refractivity contribution in [2.75, 3.05) is 26.2 Å². The number of nitrogens with two attached hydrogens (primary N) is 1. The van der Waals surface area contributed by atoms with Crippen molar-refractivity contribution in [2.45, 2.75) is 52.5 Å². The molecule has 0 bridgehead atoms. The molecule has 0 spiro atoms.